The number of nitrogens with zero attached hydrogens (tertiary/aromatic N) is 1. The van der Waals surface area contributed by atoms with E-state index < -0.39 is 0 Å². The Labute approximate surface area is 243 Å². The minimum Gasteiger partial charge on any atom is -0.496 e. The predicted octanol–water partition coefficient (Wildman–Crippen LogP) is 8.27. The molecule has 1 N–H and O–H groups in total. The Bertz CT molecular complexity index is 1160. The molecule has 2 aromatic rings. The van der Waals surface area contributed by atoms with Crippen LogP contribution >= 0.6 is 0 Å². The molecule has 0 saturated carbocycles. The zero-order chi connectivity index (χ0) is 30.2. The molecule has 5 heteroatoms. The standard InChI is InChI=1S/C31H39NO4.2C2H6/c1-8-10-22(3)35-20-27-11-9-12-30(25(27)6)24(5)23(4)21(2)19-36-29-14-13-26(31(15-29)34-7)16-32-17-28(33)18-32;2*1-2/h8-15,28,33H,1,5,16-20H2,2-4,6-7H3;2*1-2H3/b22-10+,23-21+;;. The molecule has 1 saturated heterocycles. The minimum atomic E-state index is -0.213. The molecular formula is C35H51NO4. The van der Waals surface area contributed by atoms with Crippen molar-refractivity contribution in [1.29, 1.82) is 0 Å². The van der Waals surface area contributed by atoms with Crippen molar-refractivity contribution in [3.05, 3.63) is 101 Å². The highest BCUT2D eigenvalue weighted by Crippen LogP contribution is 2.30. The van der Waals surface area contributed by atoms with Crippen LogP contribution in [-0.2, 0) is 17.9 Å². The van der Waals surface area contributed by atoms with Crippen molar-refractivity contribution in [3.63, 3.8) is 0 Å². The molecule has 1 fully saturated rings. The third-order valence-corrected chi connectivity index (χ3v) is 6.72. The first kappa shape index (κ1) is 34.7. The number of rotatable bonds is 12. The topological polar surface area (TPSA) is 51.2 Å². The first-order chi connectivity index (χ1) is 19.2. The summed E-state index contributed by atoms with van der Waals surface area (Å²) in [7, 11) is 1.67. The summed E-state index contributed by atoms with van der Waals surface area (Å²) in [5, 5.41) is 9.52. The van der Waals surface area contributed by atoms with E-state index in [1.807, 2.05) is 65.0 Å². The molecule has 0 spiro atoms. The van der Waals surface area contributed by atoms with Gasteiger partial charge in [0.2, 0.25) is 0 Å². The van der Waals surface area contributed by atoms with Gasteiger partial charge in [-0.1, -0.05) is 71.2 Å². The third kappa shape index (κ3) is 10.0. The van der Waals surface area contributed by atoms with Crippen molar-refractivity contribution < 1.29 is 19.3 Å². The summed E-state index contributed by atoms with van der Waals surface area (Å²) in [6.45, 7) is 27.4. The Morgan fingerprint density at radius 3 is 2.33 bits per heavy atom. The van der Waals surface area contributed by atoms with Gasteiger partial charge in [-0.2, -0.15) is 0 Å². The van der Waals surface area contributed by atoms with Crippen molar-refractivity contribution in [1.82, 2.24) is 4.90 Å². The number of benzene rings is 2. The maximum atomic E-state index is 9.52. The number of allylic oxidation sites excluding steroid dienone is 5. The molecule has 0 radical (unpaired) electrons. The van der Waals surface area contributed by atoms with Gasteiger partial charge in [0, 0.05) is 31.3 Å². The second kappa shape index (κ2) is 18.1. The van der Waals surface area contributed by atoms with Crippen LogP contribution in [0, 0.1) is 6.92 Å². The van der Waals surface area contributed by atoms with Crippen LogP contribution in [0.3, 0.4) is 0 Å². The Morgan fingerprint density at radius 1 is 1.05 bits per heavy atom. The van der Waals surface area contributed by atoms with E-state index in [9.17, 15) is 5.11 Å². The monoisotopic (exact) mass is 549 g/mol. The summed E-state index contributed by atoms with van der Waals surface area (Å²) in [6.07, 6.45) is 3.37. The Morgan fingerprint density at radius 2 is 1.73 bits per heavy atom. The molecule has 0 aliphatic carbocycles. The van der Waals surface area contributed by atoms with Crippen LogP contribution in [0.5, 0.6) is 11.5 Å². The molecule has 1 aliphatic rings. The number of ether oxygens (including phenoxy) is 3. The molecule has 220 valence electrons. The van der Waals surface area contributed by atoms with E-state index in [-0.39, 0.29) is 6.10 Å². The van der Waals surface area contributed by atoms with Crippen LogP contribution in [0.2, 0.25) is 0 Å². The lowest BCUT2D eigenvalue weighted by Gasteiger charge is -2.36. The molecule has 0 bridgehead atoms. The molecule has 0 atom stereocenters. The van der Waals surface area contributed by atoms with E-state index >= 15 is 0 Å². The Balaban J connectivity index is 0.00000191. The number of aliphatic hydroxyl groups excluding tert-OH is 1. The number of methoxy groups -OCH3 is 1. The van der Waals surface area contributed by atoms with Gasteiger partial charge in [-0.05, 0) is 73.2 Å². The molecule has 3 rings (SSSR count). The van der Waals surface area contributed by atoms with E-state index in [1.165, 1.54) is 0 Å². The first-order valence-corrected chi connectivity index (χ1v) is 14.3. The average Bonchev–Trinajstić information content (AvgIpc) is 2.96. The van der Waals surface area contributed by atoms with Crippen LogP contribution in [0.1, 0.15) is 70.7 Å². The quantitative estimate of drug-likeness (QED) is 0.213. The number of β-amino-alcohol motifs (C(OH)–C–C–N with tert-alkyl or cyclic N) is 1. The second-order valence-electron chi connectivity index (χ2n) is 9.39. The highest BCUT2D eigenvalue weighted by molar-refractivity contribution is 5.79. The van der Waals surface area contributed by atoms with Gasteiger partial charge in [-0.25, -0.2) is 0 Å². The van der Waals surface area contributed by atoms with Crippen molar-refractivity contribution in [2.45, 2.75) is 74.6 Å². The van der Waals surface area contributed by atoms with Gasteiger partial charge in [0.15, 0.2) is 0 Å². The molecule has 40 heavy (non-hydrogen) atoms. The van der Waals surface area contributed by atoms with Gasteiger partial charge in [-0.15, -0.1) is 0 Å². The Hall–Kier alpha value is -3.28. The van der Waals surface area contributed by atoms with Crippen LogP contribution in [0.15, 0.2) is 78.6 Å². The predicted molar refractivity (Wildman–Crippen MR) is 170 cm³/mol. The van der Waals surface area contributed by atoms with Crippen LogP contribution in [0.4, 0.5) is 0 Å². The lowest BCUT2D eigenvalue weighted by molar-refractivity contribution is -0.00322. The zero-order valence-corrected chi connectivity index (χ0v) is 26.3. The lowest BCUT2D eigenvalue weighted by atomic mass is 9.92. The van der Waals surface area contributed by atoms with E-state index in [2.05, 4.69) is 51.0 Å². The summed E-state index contributed by atoms with van der Waals surface area (Å²) < 4.78 is 17.5. The molecule has 0 unspecified atom stereocenters. The van der Waals surface area contributed by atoms with Gasteiger partial charge in [-0.3, -0.25) is 4.90 Å². The number of hydrogen-bond acceptors (Lipinski definition) is 5. The normalized spacial score (nSPS) is 13.9. The highest BCUT2D eigenvalue weighted by Gasteiger charge is 2.25. The van der Waals surface area contributed by atoms with Crippen molar-refractivity contribution in [2.75, 3.05) is 26.8 Å². The lowest BCUT2D eigenvalue weighted by Crippen LogP contribution is -2.49. The van der Waals surface area contributed by atoms with Gasteiger partial charge >= 0.3 is 0 Å². The maximum absolute atomic E-state index is 9.52. The summed E-state index contributed by atoms with van der Waals surface area (Å²) in [4.78, 5) is 2.19. The average molecular weight is 550 g/mol. The number of aliphatic hydroxyl groups is 1. The van der Waals surface area contributed by atoms with E-state index in [4.69, 9.17) is 14.2 Å². The largest absolute Gasteiger partial charge is 0.496 e. The Kier molecular flexibility index (Phi) is 15.8. The summed E-state index contributed by atoms with van der Waals surface area (Å²) in [6, 6.07) is 12.2. The van der Waals surface area contributed by atoms with Gasteiger partial charge < -0.3 is 19.3 Å². The molecule has 1 aliphatic heterocycles. The summed E-state index contributed by atoms with van der Waals surface area (Å²) >= 11 is 0. The van der Waals surface area contributed by atoms with Crippen molar-refractivity contribution in [3.8, 4) is 11.5 Å². The maximum Gasteiger partial charge on any atom is 0.127 e. The number of likely N-dealkylation sites (tertiary alicyclic amines) is 1. The molecule has 1 heterocycles. The fourth-order valence-corrected chi connectivity index (χ4v) is 4.19. The van der Waals surface area contributed by atoms with Crippen LogP contribution in [0.25, 0.3) is 5.57 Å². The molecular weight excluding hydrogens is 498 g/mol. The van der Waals surface area contributed by atoms with E-state index in [0.717, 1.165) is 62.8 Å². The second-order valence-corrected chi connectivity index (χ2v) is 9.39. The fraction of sp³-hybridized carbons (Fsp3) is 0.429. The zero-order valence-electron chi connectivity index (χ0n) is 26.3. The summed E-state index contributed by atoms with van der Waals surface area (Å²) in [5.74, 6) is 2.39. The first-order valence-electron chi connectivity index (χ1n) is 14.3. The van der Waals surface area contributed by atoms with Gasteiger partial charge in [0.25, 0.3) is 0 Å². The molecule has 0 aromatic heterocycles. The van der Waals surface area contributed by atoms with E-state index in [0.29, 0.717) is 26.3 Å². The van der Waals surface area contributed by atoms with Crippen LogP contribution in [-0.4, -0.2) is 42.9 Å². The molecule has 2 aromatic carbocycles. The van der Waals surface area contributed by atoms with Crippen molar-refractivity contribution in [2.24, 2.45) is 0 Å². The van der Waals surface area contributed by atoms with E-state index in [1.54, 1.807) is 13.2 Å². The van der Waals surface area contributed by atoms with Crippen LogP contribution < -0.4 is 9.47 Å². The molecule has 0 amide bonds. The molecule has 5 nitrogen and oxygen atoms in total. The smallest absolute Gasteiger partial charge is 0.127 e. The van der Waals surface area contributed by atoms with Gasteiger partial charge in [0.1, 0.15) is 24.7 Å². The fourth-order valence-electron chi connectivity index (χ4n) is 4.19. The van der Waals surface area contributed by atoms with Gasteiger partial charge in [0.05, 0.1) is 19.0 Å². The third-order valence-electron chi connectivity index (χ3n) is 6.72. The highest BCUT2D eigenvalue weighted by atomic mass is 16.5. The minimum absolute atomic E-state index is 0.213. The SMILES string of the molecule is C=C/C=C(\C)OCc1cccc(C(=C)/C(C)=C(\C)COc2ccc(CN3CC(O)C3)c(OC)c2)c1C.CC.CC. The van der Waals surface area contributed by atoms with Crippen molar-refractivity contribution >= 4 is 5.57 Å². The number of hydrogen-bond donors (Lipinski definition) is 1. The summed E-state index contributed by atoms with van der Waals surface area (Å²) in [5.41, 5.74) is 7.70.